The lowest BCUT2D eigenvalue weighted by atomic mass is 9.98. The number of nitrogens with zero attached hydrogens (tertiary/aromatic N) is 2. The van der Waals surface area contributed by atoms with E-state index in [0.717, 1.165) is 27.4 Å². The first-order valence-electron chi connectivity index (χ1n) is 10.7. The van der Waals surface area contributed by atoms with Crippen LogP contribution in [0, 0.1) is 27.7 Å². The average molecular weight is 450 g/mol. The summed E-state index contributed by atoms with van der Waals surface area (Å²) >= 11 is 1.36. The zero-order valence-corrected chi connectivity index (χ0v) is 20.6. The van der Waals surface area contributed by atoms with E-state index in [1.807, 2.05) is 97.0 Å². The van der Waals surface area contributed by atoms with Crippen LogP contribution in [0.2, 0.25) is 0 Å². The lowest BCUT2D eigenvalue weighted by Crippen LogP contribution is -2.49. The first kappa shape index (κ1) is 23.7. The molecule has 0 spiro atoms. The topological polar surface area (TPSA) is 62.3 Å². The van der Waals surface area contributed by atoms with Crippen molar-refractivity contribution in [2.75, 3.05) is 4.90 Å². The summed E-state index contributed by atoms with van der Waals surface area (Å²) in [6.07, 6.45) is 0. The Labute approximate surface area is 194 Å². The van der Waals surface area contributed by atoms with E-state index >= 15 is 0 Å². The minimum Gasteiger partial charge on any atom is -0.349 e. The standard InChI is InChI=1S/C26H31N3O2S/c1-16-12-11-15-21(17(16)2)29(25(31)23-18(3)27-19(4)32-23)22(20-13-9-8-10-14-20)24(30)28-26(5,6)7/h8-15,22H,1-7H3,(H,28,30). The van der Waals surface area contributed by atoms with Gasteiger partial charge in [-0.25, -0.2) is 4.98 Å². The summed E-state index contributed by atoms with van der Waals surface area (Å²) in [4.78, 5) is 34.4. The maximum atomic E-state index is 14.0. The van der Waals surface area contributed by atoms with Crippen LogP contribution in [0.4, 0.5) is 5.69 Å². The van der Waals surface area contributed by atoms with Gasteiger partial charge in [-0.15, -0.1) is 11.3 Å². The third-order valence-electron chi connectivity index (χ3n) is 5.27. The van der Waals surface area contributed by atoms with Gasteiger partial charge in [-0.3, -0.25) is 14.5 Å². The molecule has 1 N–H and O–H groups in total. The molecule has 0 saturated carbocycles. The van der Waals surface area contributed by atoms with Crippen LogP contribution in [-0.4, -0.2) is 22.3 Å². The molecule has 0 radical (unpaired) electrons. The Kier molecular flexibility index (Phi) is 6.84. The van der Waals surface area contributed by atoms with Crippen molar-refractivity contribution in [1.82, 2.24) is 10.3 Å². The number of carbonyl (C=O) groups is 2. The molecule has 0 fully saturated rings. The Morgan fingerprint density at radius 1 is 0.969 bits per heavy atom. The molecule has 1 heterocycles. The van der Waals surface area contributed by atoms with Crippen LogP contribution in [0.15, 0.2) is 48.5 Å². The van der Waals surface area contributed by atoms with Crippen LogP contribution in [-0.2, 0) is 4.79 Å². The highest BCUT2D eigenvalue weighted by atomic mass is 32.1. The lowest BCUT2D eigenvalue weighted by molar-refractivity contribution is -0.123. The molecule has 6 heteroatoms. The second kappa shape index (κ2) is 9.25. The number of rotatable bonds is 5. The van der Waals surface area contributed by atoms with E-state index in [1.165, 1.54) is 11.3 Å². The van der Waals surface area contributed by atoms with Crippen LogP contribution < -0.4 is 10.2 Å². The van der Waals surface area contributed by atoms with E-state index in [1.54, 1.807) is 4.90 Å². The first-order valence-corrected chi connectivity index (χ1v) is 11.5. The van der Waals surface area contributed by atoms with Gasteiger partial charge in [0.05, 0.1) is 10.7 Å². The molecule has 0 saturated heterocycles. The lowest BCUT2D eigenvalue weighted by Gasteiger charge is -2.34. The van der Waals surface area contributed by atoms with E-state index in [-0.39, 0.29) is 11.8 Å². The maximum Gasteiger partial charge on any atom is 0.271 e. The van der Waals surface area contributed by atoms with Crippen molar-refractivity contribution in [1.29, 1.82) is 0 Å². The summed E-state index contributed by atoms with van der Waals surface area (Å²) in [7, 11) is 0. The van der Waals surface area contributed by atoms with Gasteiger partial charge in [-0.05, 0) is 71.2 Å². The highest BCUT2D eigenvalue weighted by Crippen LogP contribution is 2.35. The summed E-state index contributed by atoms with van der Waals surface area (Å²) in [6, 6.07) is 14.5. The minimum absolute atomic E-state index is 0.222. The number of benzene rings is 2. The van der Waals surface area contributed by atoms with Crippen molar-refractivity contribution in [2.45, 2.75) is 60.0 Å². The molecule has 0 aliphatic rings. The smallest absolute Gasteiger partial charge is 0.271 e. The van der Waals surface area contributed by atoms with Crippen LogP contribution in [0.5, 0.6) is 0 Å². The second-order valence-corrected chi connectivity index (χ2v) is 10.3. The Hall–Kier alpha value is -2.99. The minimum atomic E-state index is -0.828. The Bertz CT molecular complexity index is 1130. The average Bonchev–Trinajstić information content (AvgIpc) is 3.05. The van der Waals surface area contributed by atoms with Crippen molar-refractivity contribution in [3.05, 3.63) is 80.8 Å². The Morgan fingerprint density at radius 3 is 2.19 bits per heavy atom. The van der Waals surface area contributed by atoms with E-state index in [0.29, 0.717) is 10.6 Å². The van der Waals surface area contributed by atoms with Gasteiger partial charge in [0, 0.05) is 11.2 Å². The molecule has 2 aromatic carbocycles. The van der Waals surface area contributed by atoms with Crippen molar-refractivity contribution in [3.8, 4) is 0 Å². The number of amides is 2. The van der Waals surface area contributed by atoms with Gasteiger partial charge in [-0.1, -0.05) is 42.5 Å². The Morgan fingerprint density at radius 2 is 1.62 bits per heavy atom. The fourth-order valence-corrected chi connectivity index (χ4v) is 4.55. The van der Waals surface area contributed by atoms with Gasteiger partial charge >= 0.3 is 0 Å². The number of nitrogens with one attached hydrogen (secondary N) is 1. The highest BCUT2D eigenvalue weighted by molar-refractivity contribution is 7.13. The maximum absolute atomic E-state index is 14.0. The molecule has 0 aliphatic carbocycles. The fourth-order valence-electron chi connectivity index (χ4n) is 3.69. The second-order valence-electron chi connectivity index (χ2n) is 9.09. The van der Waals surface area contributed by atoms with Gasteiger partial charge in [0.15, 0.2) is 0 Å². The SMILES string of the molecule is Cc1nc(C)c(C(=O)N(c2cccc(C)c2C)C(C(=O)NC(C)(C)C)c2ccccc2)s1. The normalized spacial score (nSPS) is 12.3. The van der Waals surface area contributed by atoms with Gasteiger partial charge in [-0.2, -0.15) is 0 Å². The van der Waals surface area contributed by atoms with Gasteiger partial charge in [0.1, 0.15) is 10.9 Å². The molecule has 0 aliphatic heterocycles. The summed E-state index contributed by atoms with van der Waals surface area (Å²) < 4.78 is 0. The van der Waals surface area contributed by atoms with Gasteiger partial charge in [0.25, 0.3) is 5.91 Å². The summed E-state index contributed by atoms with van der Waals surface area (Å²) in [5, 5.41) is 3.90. The predicted octanol–water partition coefficient (Wildman–Crippen LogP) is 5.68. The molecule has 3 rings (SSSR count). The molecule has 168 valence electrons. The number of anilines is 1. The third kappa shape index (κ3) is 5.07. The molecule has 1 atom stereocenters. The van der Waals surface area contributed by atoms with Crippen LogP contribution >= 0.6 is 11.3 Å². The quantitative estimate of drug-likeness (QED) is 0.545. The zero-order chi connectivity index (χ0) is 23.6. The van der Waals surface area contributed by atoms with Crippen LogP contribution in [0.3, 0.4) is 0 Å². The summed E-state index contributed by atoms with van der Waals surface area (Å²) in [5.74, 6) is -0.448. The monoisotopic (exact) mass is 449 g/mol. The van der Waals surface area contributed by atoms with E-state index in [4.69, 9.17) is 0 Å². The van der Waals surface area contributed by atoms with Crippen molar-refractivity contribution >= 4 is 28.8 Å². The molecule has 1 aromatic heterocycles. The number of aryl methyl sites for hydroxylation is 3. The van der Waals surface area contributed by atoms with Crippen molar-refractivity contribution in [2.24, 2.45) is 0 Å². The number of hydrogen-bond donors (Lipinski definition) is 1. The number of thiazole rings is 1. The van der Waals surface area contributed by atoms with E-state index in [2.05, 4.69) is 10.3 Å². The fraction of sp³-hybridized carbons (Fsp3) is 0.346. The molecule has 32 heavy (non-hydrogen) atoms. The Balaban J connectivity index is 2.26. The third-order valence-corrected chi connectivity index (χ3v) is 6.33. The van der Waals surface area contributed by atoms with E-state index in [9.17, 15) is 9.59 Å². The molecule has 3 aromatic rings. The number of aromatic nitrogens is 1. The van der Waals surface area contributed by atoms with E-state index < -0.39 is 11.6 Å². The molecular formula is C26H31N3O2S. The molecule has 2 amide bonds. The van der Waals surface area contributed by atoms with Crippen molar-refractivity contribution in [3.63, 3.8) is 0 Å². The van der Waals surface area contributed by atoms with Crippen LogP contribution in [0.25, 0.3) is 0 Å². The highest BCUT2D eigenvalue weighted by Gasteiger charge is 2.36. The molecule has 5 nitrogen and oxygen atoms in total. The summed E-state index contributed by atoms with van der Waals surface area (Å²) in [6.45, 7) is 13.5. The number of carbonyl (C=O) groups excluding carboxylic acids is 2. The molecule has 0 bridgehead atoms. The summed E-state index contributed by atoms with van der Waals surface area (Å²) in [5.41, 5.74) is 3.72. The molecule has 1 unspecified atom stereocenters. The number of hydrogen-bond acceptors (Lipinski definition) is 4. The van der Waals surface area contributed by atoms with Crippen molar-refractivity contribution < 1.29 is 9.59 Å². The largest absolute Gasteiger partial charge is 0.349 e. The molecular weight excluding hydrogens is 418 g/mol. The van der Waals surface area contributed by atoms with Gasteiger partial charge < -0.3 is 5.32 Å². The predicted molar refractivity (Wildman–Crippen MR) is 131 cm³/mol. The zero-order valence-electron chi connectivity index (χ0n) is 19.8. The van der Waals surface area contributed by atoms with Gasteiger partial charge in [0.2, 0.25) is 5.91 Å². The first-order chi connectivity index (χ1) is 15.0. The van der Waals surface area contributed by atoms with Crippen LogP contribution in [0.1, 0.15) is 63.9 Å².